The molecule has 1 aliphatic carbocycles. The van der Waals surface area contributed by atoms with Crippen LogP contribution in [-0.2, 0) is 4.79 Å². The topological polar surface area (TPSA) is 40.5 Å². The molecule has 1 N–H and O–H groups in total. The van der Waals surface area contributed by atoms with Crippen molar-refractivity contribution in [3.63, 3.8) is 0 Å². The molecule has 1 atom stereocenters. The number of carbonyl (C=O) groups is 1. The number of carboxylic acid groups (broad SMARTS) is 1. The molecule has 14 heavy (non-hydrogen) atoms. The Balaban J connectivity index is 2.01. The zero-order valence-corrected chi connectivity index (χ0v) is 9.13. The number of nitrogens with zero attached hydrogens (tertiary/aromatic N) is 1. The first-order valence-corrected chi connectivity index (χ1v) is 6.51. The summed E-state index contributed by atoms with van der Waals surface area (Å²) in [6.45, 7) is 0.965. The maximum atomic E-state index is 11.1. The van der Waals surface area contributed by atoms with Crippen molar-refractivity contribution in [2.45, 2.75) is 37.8 Å². The maximum Gasteiger partial charge on any atom is 0.321 e. The second-order valence-electron chi connectivity index (χ2n) is 4.11. The lowest BCUT2D eigenvalue weighted by Gasteiger charge is -2.37. The summed E-state index contributed by atoms with van der Waals surface area (Å²) >= 11 is 1.77. The summed E-state index contributed by atoms with van der Waals surface area (Å²) < 4.78 is 0. The number of thioether (sulfide) groups is 1. The average Bonchev–Trinajstić information content (AvgIpc) is 2.70. The molecular weight excluding hydrogens is 198 g/mol. The van der Waals surface area contributed by atoms with E-state index < -0.39 is 5.97 Å². The molecule has 0 aromatic heterocycles. The standard InChI is InChI=1S/C10H17NO2S/c12-10(13)9-7-14-6-5-11(9)8-3-1-2-4-8/h8-9H,1-7H2,(H,12,13). The van der Waals surface area contributed by atoms with Crippen LogP contribution in [0.15, 0.2) is 0 Å². The highest BCUT2D eigenvalue weighted by molar-refractivity contribution is 7.99. The SMILES string of the molecule is O=C(O)C1CSCCN1C1CCCC1. The first-order chi connectivity index (χ1) is 6.79. The predicted molar refractivity (Wildman–Crippen MR) is 57.7 cm³/mol. The third kappa shape index (κ3) is 2.06. The Morgan fingerprint density at radius 2 is 2.07 bits per heavy atom. The van der Waals surface area contributed by atoms with Crippen LogP contribution in [0.4, 0.5) is 0 Å². The molecule has 1 heterocycles. The van der Waals surface area contributed by atoms with Gasteiger partial charge in [0.15, 0.2) is 0 Å². The summed E-state index contributed by atoms with van der Waals surface area (Å²) in [5.74, 6) is 1.23. The van der Waals surface area contributed by atoms with Crippen LogP contribution in [0.2, 0.25) is 0 Å². The van der Waals surface area contributed by atoms with E-state index in [0.29, 0.717) is 6.04 Å². The van der Waals surface area contributed by atoms with Crippen LogP contribution in [0.5, 0.6) is 0 Å². The maximum absolute atomic E-state index is 11.1. The van der Waals surface area contributed by atoms with Crippen molar-refractivity contribution >= 4 is 17.7 Å². The minimum Gasteiger partial charge on any atom is -0.480 e. The molecule has 0 radical (unpaired) electrons. The van der Waals surface area contributed by atoms with Crippen molar-refractivity contribution in [1.29, 1.82) is 0 Å². The smallest absolute Gasteiger partial charge is 0.321 e. The molecule has 0 amide bonds. The fraction of sp³-hybridized carbons (Fsp3) is 0.900. The fourth-order valence-electron chi connectivity index (χ4n) is 2.50. The van der Waals surface area contributed by atoms with E-state index in [1.165, 1.54) is 25.7 Å². The van der Waals surface area contributed by atoms with Crippen LogP contribution >= 0.6 is 11.8 Å². The minimum atomic E-state index is -0.635. The highest BCUT2D eigenvalue weighted by Crippen LogP contribution is 2.28. The quantitative estimate of drug-likeness (QED) is 0.756. The van der Waals surface area contributed by atoms with Crippen LogP contribution in [-0.4, -0.2) is 46.1 Å². The molecule has 0 bridgehead atoms. The summed E-state index contributed by atoms with van der Waals surface area (Å²) in [5.41, 5.74) is 0. The van der Waals surface area contributed by atoms with E-state index in [0.717, 1.165) is 18.1 Å². The number of rotatable bonds is 2. The van der Waals surface area contributed by atoms with Gasteiger partial charge in [0, 0.05) is 24.1 Å². The van der Waals surface area contributed by atoms with Gasteiger partial charge in [0.05, 0.1) is 0 Å². The Kier molecular flexibility index (Phi) is 3.34. The van der Waals surface area contributed by atoms with Crippen molar-refractivity contribution in [3.05, 3.63) is 0 Å². The molecule has 1 unspecified atom stereocenters. The lowest BCUT2D eigenvalue weighted by Crippen LogP contribution is -2.51. The lowest BCUT2D eigenvalue weighted by atomic mass is 10.1. The summed E-state index contributed by atoms with van der Waals surface area (Å²) in [7, 11) is 0. The third-order valence-corrected chi connectivity index (χ3v) is 4.27. The number of hydrogen-bond acceptors (Lipinski definition) is 3. The number of carboxylic acids is 1. The Labute approximate surface area is 88.9 Å². The van der Waals surface area contributed by atoms with E-state index >= 15 is 0 Å². The van der Waals surface area contributed by atoms with E-state index in [9.17, 15) is 4.79 Å². The van der Waals surface area contributed by atoms with Gasteiger partial charge in [0.25, 0.3) is 0 Å². The van der Waals surface area contributed by atoms with E-state index in [2.05, 4.69) is 4.90 Å². The summed E-state index contributed by atoms with van der Waals surface area (Å²) in [6, 6.07) is 0.328. The molecular formula is C10H17NO2S. The molecule has 4 heteroatoms. The summed E-state index contributed by atoms with van der Waals surface area (Å²) in [5, 5.41) is 9.11. The fourth-order valence-corrected chi connectivity index (χ4v) is 3.57. The molecule has 3 nitrogen and oxygen atoms in total. The van der Waals surface area contributed by atoms with Crippen LogP contribution in [0, 0.1) is 0 Å². The first-order valence-electron chi connectivity index (χ1n) is 5.35. The van der Waals surface area contributed by atoms with Gasteiger partial charge < -0.3 is 5.11 Å². The van der Waals surface area contributed by atoms with Gasteiger partial charge in [-0.3, -0.25) is 9.69 Å². The van der Waals surface area contributed by atoms with Crippen LogP contribution in [0.25, 0.3) is 0 Å². The molecule has 2 aliphatic rings. The van der Waals surface area contributed by atoms with Crippen LogP contribution in [0.3, 0.4) is 0 Å². The second-order valence-corrected chi connectivity index (χ2v) is 5.25. The molecule has 1 aliphatic heterocycles. The van der Waals surface area contributed by atoms with E-state index in [1.54, 1.807) is 11.8 Å². The van der Waals surface area contributed by atoms with Crippen molar-refractivity contribution in [2.24, 2.45) is 0 Å². The van der Waals surface area contributed by atoms with Gasteiger partial charge in [-0.1, -0.05) is 12.8 Å². The Morgan fingerprint density at radius 3 is 2.71 bits per heavy atom. The van der Waals surface area contributed by atoms with Gasteiger partial charge in [-0.05, 0) is 12.8 Å². The van der Waals surface area contributed by atoms with Crippen molar-refractivity contribution in [2.75, 3.05) is 18.1 Å². The molecule has 80 valence electrons. The average molecular weight is 215 g/mol. The van der Waals surface area contributed by atoms with Gasteiger partial charge in [-0.15, -0.1) is 0 Å². The normalized spacial score (nSPS) is 30.7. The zero-order chi connectivity index (χ0) is 9.97. The van der Waals surface area contributed by atoms with Gasteiger partial charge in [-0.25, -0.2) is 0 Å². The number of hydrogen-bond donors (Lipinski definition) is 1. The van der Waals surface area contributed by atoms with Gasteiger partial charge in [0.2, 0.25) is 0 Å². The molecule has 2 rings (SSSR count). The molecule has 1 saturated heterocycles. The first kappa shape index (κ1) is 10.3. The van der Waals surface area contributed by atoms with Crippen molar-refractivity contribution in [1.82, 2.24) is 4.90 Å². The second kappa shape index (κ2) is 4.53. The summed E-state index contributed by atoms with van der Waals surface area (Å²) in [6.07, 6.45) is 4.96. The van der Waals surface area contributed by atoms with Gasteiger partial charge >= 0.3 is 5.97 Å². The monoisotopic (exact) mass is 215 g/mol. The highest BCUT2D eigenvalue weighted by atomic mass is 32.2. The Bertz CT molecular complexity index is 216. The third-order valence-electron chi connectivity index (χ3n) is 3.25. The minimum absolute atomic E-state index is 0.225. The van der Waals surface area contributed by atoms with Crippen molar-refractivity contribution < 1.29 is 9.90 Å². The molecule has 1 saturated carbocycles. The molecule has 0 aromatic carbocycles. The summed E-state index contributed by atoms with van der Waals surface area (Å²) in [4.78, 5) is 13.3. The zero-order valence-electron chi connectivity index (χ0n) is 8.32. The van der Waals surface area contributed by atoms with Crippen molar-refractivity contribution in [3.8, 4) is 0 Å². The van der Waals surface area contributed by atoms with Crippen LogP contribution < -0.4 is 0 Å². The highest BCUT2D eigenvalue weighted by Gasteiger charge is 2.34. The lowest BCUT2D eigenvalue weighted by molar-refractivity contribution is -0.143. The Morgan fingerprint density at radius 1 is 1.36 bits per heavy atom. The predicted octanol–water partition coefficient (Wildman–Crippen LogP) is 1.43. The van der Waals surface area contributed by atoms with E-state index in [-0.39, 0.29) is 6.04 Å². The van der Waals surface area contributed by atoms with E-state index in [1.807, 2.05) is 0 Å². The van der Waals surface area contributed by atoms with Gasteiger partial charge in [-0.2, -0.15) is 11.8 Å². The van der Waals surface area contributed by atoms with Crippen LogP contribution in [0.1, 0.15) is 25.7 Å². The molecule has 2 fully saturated rings. The molecule has 0 aromatic rings. The largest absolute Gasteiger partial charge is 0.480 e. The van der Waals surface area contributed by atoms with Gasteiger partial charge in [0.1, 0.15) is 6.04 Å². The Hall–Kier alpha value is -0.220. The van der Waals surface area contributed by atoms with E-state index in [4.69, 9.17) is 5.11 Å². The number of aliphatic carboxylic acids is 1. The molecule has 0 spiro atoms.